The molecule has 1 aliphatic rings. The van der Waals surface area contributed by atoms with E-state index in [1.54, 1.807) is 6.07 Å². The van der Waals surface area contributed by atoms with Gasteiger partial charge in [-0.1, -0.05) is 22.0 Å². The van der Waals surface area contributed by atoms with E-state index in [1.807, 2.05) is 12.1 Å². The summed E-state index contributed by atoms with van der Waals surface area (Å²) in [5.41, 5.74) is 1.72. The van der Waals surface area contributed by atoms with Gasteiger partial charge in [0.25, 0.3) is 0 Å². The van der Waals surface area contributed by atoms with Crippen LogP contribution in [0.25, 0.3) is 0 Å². The summed E-state index contributed by atoms with van der Waals surface area (Å²) >= 11 is 3.53. The topological polar surface area (TPSA) is 53.0 Å². The SMILES string of the molecule is COC(=O)c1ccc(CN2CCN(CCO)CC2)c(Br)c1. The van der Waals surface area contributed by atoms with Crippen molar-refractivity contribution < 1.29 is 14.6 Å². The van der Waals surface area contributed by atoms with Gasteiger partial charge in [0.15, 0.2) is 0 Å². The van der Waals surface area contributed by atoms with E-state index in [2.05, 4.69) is 25.7 Å². The van der Waals surface area contributed by atoms with Gasteiger partial charge in [-0.2, -0.15) is 0 Å². The molecule has 2 rings (SSSR count). The maximum absolute atomic E-state index is 11.5. The highest BCUT2D eigenvalue weighted by Gasteiger charge is 2.17. The summed E-state index contributed by atoms with van der Waals surface area (Å²) in [6, 6.07) is 5.58. The fourth-order valence-corrected chi connectivity index (χ4v) is 2.98. The van der Waals surface area contributed by atoms with Crippen LogP contribution in [0.4, 0.5) is 0 Å². The first kappa shape index (κ1) is 16.4. The monoisotopic (exact) mass is 356 g/mol. The average Bonchev–Trinajstić information content (AvgIpc) is 2.50. The zero-order chi connectivity index (χ0) is 15.2. The molecule has 1 saturated heterocycles. The standard InChI is InChI=1S/C15H21BrN2O3/c1-21-15(20)12-2-3-13(14(16)10-12)11-18-6-4-17(5-7-18)8-9-19/h2-3,10,19H,4-9,11H2,1H3. The third kappa shape index (κ3) is 4.51. The van der Waals surface area contributed by atoms with Gasteiger partial charge < -0.3 is 9.84 Å². The van der Waals surface area contributed by atoms with Crippen LogP contribution in [0.5, 0.6) is 0 Å². The number of rotatable bonds is 5. The van der Waals surface area contributed by atoms with Gasteiger partial charge in [-0.25, -0.2) is 4.79 Å². The Morgan fingerprint density at radius 3 is 2.52 bits per heavy atom. The second kappa shape index (κ2) is 7.89. The Kier molecular flexibility index (Phi) is 6.17. The molecule has 6 heteroatoms. The van der Waals surface area contributed by atoms with Crippen LogP contribution in [0.1, 0.15) is 15.9 Å². The third-order valence-corrected chi connectivity index (χ3v) is 4.49. The number of carbonyl (C=O) groups excluding carboxylic acids is 1. The van der Waals surface area contributed by atoms with E-state index in [9.17, 15) is 4.79 Å². The summed E-state index contributed by atoms with van der Waals surface area (Å²) in [7, 11) is 1.38. The van der Waals surface area contributed by atoms with Gasteiger partial charge in [0.05, 0.1) is 19.3 Å². The molecule has 0 spiro atoms. The lowest BCUT2D eigenvalue weighted by atomic mass is 10.1. The van der Waals surface area contributed by atoms with E-state index >= 15 is 0 Å². The molecule has 116 valence electrons. The Morgan fingerprint density at radius 2 is 1.95 bits per heavy atom. The van der Waals surface area contributed by atoms with Gasteiger partial charge in [-0.05, 0) is 17.7 Å². The summed E-state index contributed by atoms with van der Waals surface area (Å²) in [5.74, 6) is -0.320. The fourth-order valence-electron chi connectivity index (χ4n) is 2.47. The molecule has 1 aromatic carbocycles. The molecule has 0 unspecified atom stereocenters. The molecule has 0 amide bonds. The Morgan fingerprint density at radius 1 is 1.29 bits per heavy atom. The molecule has 1 N–H and O–H groups in total. The normalized spacial score (nSPS) is 16.9. The lowest BCUT2D eigenvalue weighted by molar-refractivity contribution is 0.0600. The number of benzene rings is 1. The second-order valence-corrected chi connectivity index (χ2v) is 5.99. The molecule has 0 aromatic heterocycles. The molecule has 21 heavy (non-hydrogen) atoms. The molecule has 1 aliphatic heterocycles. The van der Waals surface area contributed by atoms with Crippen LogP contribution >= 0.6 is 15.9 Å². The van der Waals surface area contributed by atoms with Crippen molar-refractivity contribution in [2.75, 3.05) is 46.4 Å². The minimum Gasteiger partial charge on any atom is -0.465 e. The molecule has 1 heterocycles. The van der Waals surface area contributed by atoms with Gasteiger partial charge in [0.1, 0.15) is 0 Å². The minimum atomic E-state index is -0.320. The first-order valence-electron chi connectivity index (χ1n) is 7.06. The Labute approximate surface area is 133 Å². The smallest absolute Gasteiger partial charge is 0.337 e. The zero-order valence-electron chi connectivity index (χ0n) is 12.2. The van der Waals surface area contributed by atoms with Gasteiger partial charge in [-0.3, -0.25) is 9.80 Å². The van der Waals surface area contributed by atoms with Crippen molar-refractivity contribution in [1.29, 1.82) is 0 Å². The van der Waals surface area contributed by atoms with Crippen LogP contribution in [-0.4, -0.2) is 67.3 Å². The van der Waals surface area contributed by atoms with Crippen molar-refractivity contribution >= 4 is 21.9 Å². The summed E-state index contributed by atoms with van der Waals surface area (Å²) in [4.78, 5) is 16.1. The largest absolute Gasteiger partial charge is 0.465 e. The van der Waals surface area contributed by atoms with Crippen molar-refractivity contribution in [3.63, 3.8) is 0 Å². The maximum Gasteiger partial charge on any atom is 0.337 e. The number of aliphatic hydroxyl groups is 1. The lowest BCUT2D eigenvalue weighted by Crippen LogP contribution is -2.46. The number of ether oxygens (including phenoxy) is 1. The number of piperazine rings is 1. The van der Waals surface area contributed by atoms with Crippen LogP contribution in [0.15, 0.2) is 22.7 Å². The van der Waals surface area contributed by atoms with Crippen molar-refractivity contribution in [1.82, 2.24) is 9.80 Å². The maximum atomic E-state index is 11.5. The van der Waals surface area contributed by atoms with Crippen LogP contribution in [0.3, 0.4) is 0 Å². The third-order valence-electron chi connectivity index (χ3n) is 3.75. The predicted octanol–water partition coefficient (Wildman–Crippen LogP) is 1.35. The number of halogens is 1. The van der Waals surface area contributed by atoms with Crippen LogP contribution in [-0.2, 0) is 11.3 Å². The molecular formula is C15H21BrN2O3. The number of esters is 1. The second-order valence-electron chi connectivity index (χ2n) is 5.14. The number of hydrogen-bond donors (Lipinski definition) is 1. The van der Waals surface area contributed by atoms with E-state index in [0.29, 0.717) is 5.56 Å². The lowest BCUT2D eigenvalue weighted by Gasteiger charge is -2.34. The van der Waals surface area contributed by atoms with Gasteiger partial charge >= 0.3 is 5.97 Å². The molecule has 0 atom stereocenters. The van der Waals surface area contributed by atoms with Crippen LogP contribution in [0.2, 0.25) is 0 Å². The molecule has 1 aromatic rings. The molecule has 0 bridgehead atoms. The highest BCUT2D eigenvalue weighted by molar-refractivity contribution is 9.10. The number of methoxy groups -OCH3 is 1. The molecule has 5 nitrogen and oxygen atoms in total. The number of β-amino-alcohol motifs (C(OH)–C–C–N with tert-alkyl or cyclic N) is 1. The molecular weight excluding hydrogens is 336 g/mol. The summed E-state index contributed by atoms with van der Waals surface area (Å²) < 4.78 is 5.65. The van der Waals surface area contributed by atoms with E-state index in [4.69, 9.17) is 9.84 Å². The molecule has 1 fully saturated rings. The first-order valence-corrected chi connectivity index (χ1v) is 7.85. The minimum absolute atomic E-state index is 0.223. The number of nitrogens with zero attached hydrogens (tertiary/aromatic N) is 2. The van der Waals surface area contributed by atoms with E-state index < -0.39 is 0 Å². The van der Waals surface area contributed by atoms with Gasteiger partial charge in [0, 0.05) is 43.7 Å². The van der Waals surface area contributed by atoms with Crippen molar-refractivity contribution in [2.45, 2.75) is 6.54 Å². The summed E-state index contributed by atoms with van der Waals surface area (Å²) in [5, 5.41) is 8.95. The fraction of sp³-hybridized carbons (Fsp3) is 0.533. The quantitative estimate of drug-likeness (QED) is 0.807. The van der Waals surface area contributed by atoms with Gasteiger partial charge in [-0.15, -0.1) is 0 Å². The highest BCUT2D eigenvalue weighted by atomic mass is 79.9. The highest BCUT2D eigenvalue weighted by Crippen LogP contribution is 2.21. The Hall–Kier alpha value is -0.950. The number of aliphatic hydroxyl groups excluding tert-OH is 1. The van der Waals surface area contributed by atoms with Crippen molar-refractivity contribution in [3.8, 4) is 0 Å². The molecule has 0 saturated carbocycles. The average molecular weight is 357 g/mol. The Bertz CT molecular complexity index is 488. The van der Waals surface area contributed by atoms with E-state index in [-0.39, 0.29) is 12.6 Å². The molecule has 0 radical (unpaired) electrons. The van der Waals surface area contributed by atoms with Crippen molar-refractivity contribution in [3.05, 3.63) is 33.8 Å². The number of hydrogen-bond acceptors (Lipinski definition) is 5. The van der Waals surface area contributed by atoms with Crippen LogP contribution in [0, 0.1) is 0 Å². The summed E-state index contributed by atoms with van der Waals surface area (Å²) in [6.45, 7) is 5.79. The summed E-state index contributed by atoms with van der Waals surface area (Å²) in [6.07, 6.45) is 0. The van der Waals surface area contributed by atoms with E-state index in [1.165, 1.54) is 12.7 Å². The van der Waals surface area contributed by atoms with E-state index in [0.717, 1.165) is 43.7 Å². The predicted molar refractivity (Wildman–Crippen MR) is 84.3 cm³/mol. The van der Waals surface area contributed by atoms with Gasteiger partial charge in [0.2, 0.25) is 0 Å². The zero-order valence-corrected chi connectivity index (χ0v) is 13.8. The Balaban J connectivity index is 1.93. The molecule has 0 aliphatic carbocycles. The number of carbonyl (C=O) groups is 1. The first-order chi connectivity index (χ1) is 10.1. The van der Waals surface area contributed by atoms with Crippen molar-refractivity contribution in [2.24, 2.45) is 0 Å². The van der Waals surface area contributed by atoms with Crippen LogP contribution < -0.4 is 0 Å².